The number of carbonyl (C=O) groups is 2. The average molecular weight is 401 g/mol. The van der Waals surface area contributed by atoms with E-state index in [1.807, 2.05) is 0 Å². The summed E-state index contributed by atoms with van der Waals surface area (Å²) in [5.74, 6) is -0.683. The number of likely N-dealkylation sites (N-methyl/N-ethyl adjacent to an activating group) is 1. The molecule has 0 unspecified atom stereocenters. The largest absolute Gasteiger partial charge is 0.493 e. The summed E-state index contributed by atoms with van der Waals surface area (Å²) in [6.07, 6.45) is 0. The Kier molecular flexibility index (Phi) is 5.54. The first-order valence-electron chi connectivity index (χ1n) is 8.85. The molecule has 0 saturated carbocycles. The Labute approximate surface area is 168 Å². The van der Waals surface area contributed by atoms with Crippen LogP contribution in [0.15, 0.2) is 30.3 Å². The van der Waals surface area contributed by atoms with Crippen LogP contribution in [0.25, 0.3) is 0 Å². The van der Waals surface area contributed by atoms with Crippen molar-refractivity contribution in [2.45, 2.75) is 12.0 Å². The number of ether oxygens (including phenoxy) is 4. The molecular formula is C21H23NO7. The molecule has 8 heteroatoms. The number of fused-ring (bicyclic) bond motifs is 1. The number of amides is 1. The van der Waals surface area contributed by atoms with Gasteiger partial charge >= 0.3 is 5.97 Å². The van der Waals surface area contributed by atoms with Crippen molar-refractivity contribution >= 4 is 11.9 Å². The first-order chi connectivity index (χ1) is 13.9. The molecular weight excluding hydrogens is 378 g/mol. The smallest absolute Gasteiger partial charge is 0.313 e. The fraction of sp³-hybridized carbons (Fsp3) is 0.333. The topological polar surface area (TPSA) is 94.5 Å². The molecule has 0 fully saturated rings. The van der Waals surface area contributed by atoms with Crippen molar-refractivity contribution in [2.24, 2.45) is 0 Å². The lowest BCUT2D eigenvalue weighted by Crippen LogP contribution is -2.42. The minimum absolute atomic E-state index is 0.272. The third-order valence-corrected chi connectivity index (χ3v) is 5.19. The molecule has 1 aliphatic heterocycles. The predicted octanol–water partition coefficient (Wildman–Crippen LogP) is 2.72. The summed E-state index contributed by atoms with van der Waals surface area (Å²) in [5.41, 5.74) is 1.26. The molecule has 0 saturated heterocycles. The van der Waals surface area contributed by atoms with E-state index in [2.05, 4.69) is 0 Å². The van der Waals surface area contributed by atoms with Gasteiger partial charge in [-0.25, -0.2) is 0 Å². The van der Waals surface area contributed by atoms with Gasteiger partial charge in [0.15, 0.2) is 23.0 Å². The van der Waals surface area contributed by atoms with E-state index in [0.717, 1.165) is 0 Å². The van der Waals surface area contributed by atoms with Crippen molar-refractivity contribution in [3.05, 3.63) is 47.0 Å². The predicted molar refractivity (Wildman–Crippen MR) is 104 cm³/mol. The van der Waals surface area contributed by atoms with Crippen LogP contribution in [0.1, 0.15) is 33.4 Å². The van der Waals surface area contributed by atoms with Crippen molar-refractivity contribution in [1.29, 1.82) is 0 Å². The molecule has 0 aromatic heterocycles. The van der Waals surface area contributed by atoms with Crippen LogP contribution in [-0.4, -0.2) is 57.4 Å². The van der Waals surface area contributed by atoms with Crippen LogP contribution < -0.4 is 18.9 Å². The molecule has 0 aliphatic carbocycles. The molecule has 29 heavy (non-hydrogen) atoms. The van der Waals surface area contributed by atoms with Gasteiger partial charge in [0, 0.05) is 12.6 Å². The first kappa shape index (κ1) is 20.3. The standard InChI is InChI=1S/C21H23NO7/c1-22-19(11-6-7-14(26-2)15(8-11)27-3)18(21(24)25)12-9-16(28-4)17(29-5)10-13(12)20(22)23/h6-10,18-19H,1-5H3,(H,24,25)/t18-,19+/m0/s1. The Morgan fingerprint density at radius 1 is 0.897 bits per heavy atom. The second-order valence-corrected chi connectivity index (χ2v) is 6.59. The molecule has 2 aromatic rings. The Balaban J connectivity index is 2.22. The quantitative estimate of drug-likeness (QED) is 0.795. The van der Waals surface area contributed by atoms with Crippen LogP contribution in [0.4, 0.5) is 0 Å². The van der Waals surface area contributed by atoms with Crippen LogP contribution >= 0.6 is 0 Å². The summed E-state index contributed by atoms with van der Waals surface area (Å²) in [7, 11) is 7.52. The summed E-state index contributed by atoms with van der Waals surface area (Å²) < 4.78 is 21.2. The van der Waals surface area contributed by atoms with E-state index in [4.69, 9.17) is 18.9 Å². The van der Waals surface area contributed by atoms with E-state index < -0.39 is 17.9 Å². The van der Waals surface area contributed by atoms with Gasteiger partial charge in [0.2, 0.25) is 0 Å². The second kappa shape index (κ2) is 7.90. The van der Waals surface area contributed by atoms with Crippen molar-refractivity contribution in [3.8, 4) is 23.0 Å². The van der Waals surface area contributed by atoms with Gasteiger partial charge in [-0.2, -0.15) is 0 Å². The molecule has 1 N–H and O–H groups in total. The van der Waals surface area contributed by atoms with Gasteiger partial charge in [-0.1, -0.05) is 6.07 Å². The zero-order valence-electron chi connectivity index (χ0n) is 16.9. The Bertz CT molecular complexity index is 956. The van der Waals surface area contributed by atoms with Crippen molar-refractivity contribution < 1.29 is 33.6 Å². The summed E-state index contributed by atoms with van der Waals surface area (Å²) in [6.45, 7) is 0. The molecule has 8 nitrogen and oxygen atoms in total. The molecule has 1 heterocycles. The van der Waals surface area contributed by atoms with E-state index in [0.29, 0.717) is 34.1 Å². The molecule has 2 aromatic carbocycles. The SMILES string of the molecule is COc1ccc([C@@H]2[C@@H](C(=O)O)c3cc(OC)c(OC)cc3C(=O)N2C)cc1OC. The maximum atomic E-state index is 13.1. The third-order valence-electron chi connectivity index (χ3n) is 5.19. The Morgan fingerprint density at radius 2 is 1.45 bits per heavy atom. The van der Waals surface area contributed by atoms with E-state index in [-0.39, 0.29) is 11.5 Å². The third kappa shape index (κ3) is 3.30. The van der Waals surface area contributed by atoms with Gasteiger partial charge in [-0.3, -0.25) is 9.59 Å². The highest BCUT2D eigenvalue weighted by atomic mass is 16.5. The summed E-state index contributed by atoms with van der Waals surface area (Å²) in [6, 6.07) is 7.45. The van der Waals surface area contributed by atoms with Gasteiger partial charge in [-0.05, 0) is 35.4 Å². The lowest BCUT2D eigenvalue weighted by molar-refractivity contribution is -0.140. The van der Waals surface area contributed by atoms with Gasteiger partial charge in [0.1, 0.15) is 5.92 Å². The summed E-state index contributed by atoms with van der Waals surface area (Å²) >= 11 is 0. The van der Waals surface area contributed by atoms with Gasteiger partial charge in [0.05, 0.1) is 34.5 Å². The number of aliphatic carboxylic acids is 1. The fourth-order valence-electron chi connectivity index (χ4n) is 3.77. The zero-order chi connectivity index (χ0) is 21.3. The summed E-state index contributed by atoms with van der Waals surface area (Å²) in [4.78, 5) is 26.8. The first-order valence-corrected chi connectivity index (χ1v) is 8.85. The van der Waals surface area contributed by atoms with Crippen LogP contribution in [0, 0.1) is 0 Å². The molecule has 0 radical (unpaired) electrons. The van der Waals surface area contributed by atoms with E-state index in [1.54, 1.807) is 31.3 Å². The molecule has 0 bridgehead atoms. The zero-order valence-corrected chi connectivity index (χ0v) is 16.9. The highest BCUT2D eigenvalue weighted by Crippen LogP contribution is 2.46. The normalized spacial score (nSPS) is 18.1. The van der Waals surface area contributed by atoms with Crippen molar-refractivity contribution in [3.63, 3.8) is 0 Å². The monoisotopic (exact) mass is 401 g/mol. The van der Waals surface area contributed by atoms with Gasteiger partial charge < -0.3 is 29.0 Å². The van der Waals surface area contributed by atoms with Crippen LogP contribution in [-0.2, 0) is 4.79 Å². The number of carboxylic acids is 1. The van der Waals surface area contributed by atoms with Crippen molar-refractivity contribution in [2.75, 3.05) is 35.5 Å². The number of hydrogen-bond acceptors (Lipinski definition) is 6. The molecule has 1 amide bonds. The number of rotatable bonds is 6. The second-order valence-electron chi connectivity index (χ2n) is 6.59. The lowest BCUT2D eigenvalue weighted by Gasteiger charge is -2.39. The number of nitrogens with zero attached hydrogens (tertiary/aromatic N) is 1. The fourth-order valence-corrected chi connectivity index (χ4v) is 3.77. The van der Waals surface area contributed by atoms with Crippen molar-refractivity contribution in [1.82, 2.24) is 4.90 Å². The molecule has 1 aliphatic rings. The number of carboxylic acid groups (broad SMARTS) is 1. The number of carbonyl (C=O) groups excluding carboxylic acids is 1. The number of methoxy groups -OCH3 is 4. The van der Waals surface area contributed by atoms with E-state index in [9.17, 15) is 14.7 Å². The molecule has 2 atom stereocenters. The Morgan fingerprint density at radius 3 is 2.00 bits per heavy atom. The average Bonchev–Trinajstić information content (AvgIpc) is 2.74. The van der Waals surface area contributed by atoms with Crippen LogP contribution in [0.5, 0.6) is 23.0 Å². The van der Waals surface area contributed by atoms with E-state index in [1.165, 1.54) is 39.4 Å². The number of benzene rings is 2. The maximum absolute atomic E-state index is 13.1. The van der Waals surface area contributed by atoms with Gasteiger partial charge in [-0.15, -0.1) is 0 Å². The highest BCUT2D eigenvalue weighted by Gasteiger charge is 2.44. The van der Waals surface area contributed by atoms with Crippen LogP contribution in [0.3, 0.4) is 0 Å². The van der Waals surface area contributed by atoms with Crippen LogP contribution in [0.2, 0.25) is 0 Å². The number of hydrogen-bond donors (Lipinski definition) is 1. The maximum Gasteiger partial charge on any atom is 0.313 e. The lowest BCUT2D eigenvalue weighted by atomic mass is 9.79. The minimum Gasteiger partial charge on any atom is -0.493 e. The minimum atomic E-state index is -1.06. The molecule has 154 valence electrons. The molecule has 0 spiro atoms. The van der Waals surface area contributed by atoms with E-state index >= 15 is 0 Å². The van der Waals surface area contributed by atoms with Gasteiger partial charge in [0.25, 0.3) is 5.91 Å². The Hall–Kier alpha value is -3.42. The summed E-state index contributed by atoms with van der Waals surface area (Å²) in [5, 5.41) is 10.1. The molecule has 3 rings (SSSR count). The highest BCUT2D eigenvalue weighted by molar-refractivity contribution is 6.01.